The van der Waals surface area contributed by atoms with Crippen LogP contribution in [0.4, 0.5) is 13.2 Å². The van der Waals surface area contributed by atoms with Crippen LogP contribution in [0.25, 0.3) is 0 Å². The molecule has 30 heavy (non-hydrogen) atoms. The van der Waals surface area contributed by atoms with Crippen LogP contribution in [0.5, 0.6) is 5.75 Å². The van der Waals surface area contributed by atoms with Gasteiger partial charge in [-0.05, 0) is 35.7 Å². The van der Waals surface area contributed by atoms with Gasteiger partial charge < -0.3 is 4.74 Å². The molecule has 0 N–H and O–H groups in total. The van der Waals surface area contributed by atoms with Crippen LogP contribution in [0.2, 0.25) is 0 Å². The molecule has 162 valence electrons. The number of hydrogen-bond acceptors (Lipinski definition) is 4. The van der Waals surface area contributed by atoms with Crippen molar-refractivity contribution in [3.8, 4) is 5.75 Å². The zero-order valence-electron chi connectivity index (χ0n) is 16.5. The number of halogens is 3. The summed E-state index contributed by atoms with van der Waals surface area (Å²) in [6, 6.07) is 10.1. The third-order valence-corrected chi connectivity index (χ3v) is 7.64. The van der Waals surface area contributed by atoms with Gasteiger partial charge in [0.15, 0.2) is 0 Å². The van der Waals surface area contributed by atoms with E-state index in [-0.39, 0.29) is 12.3 Å². The van der Waals surface area contributed by atoms with Crippen LogP contribution in [-0.2, 0) is 23.0 Å². The van der Waals surface area contributed by atoms with Crippen LogP contribution >= 0.6 is 0 Å². The molecule has 0 radical (unpaired) electrons. The first-order valence-electron chi connectivity index (χ1n) is 9.72. The Morgan fingerprint density at radius 3 is 2.63 bits per heavy atom. The van der Waals surface area contributed by atoms with Gasteiger partial charge in [-0.15, -0.1) is 0 Å². The fourth-order valence-electron chi connectivity index (χ4n) is 4.29. The average molecular weight is 440 g/mol. The molecule has 2 aromatic carbocycles. The van der Waals surface area contributed by atoms with Crippen LogP contribution < -0.4 is 4.74 Å². The molecule has 2 heterocycles. The zero-order valence-corrected chi connectivity index (χ0v) is 17.3. The molecule has 1 fully saturated rings. The van der Waals surface area contributed by atoms with Gasteiger partial charge in [-0.1, -0.05) is 24.3 Å². The van der Waals surface area contributed by atoms with E-state index in [9.17, 15) is 21.6 Å². The fraction of sp³-hybridized carbons (Fsp3) is 0.429. The smallest absolute Gasteiger partial charge is 0.263 e. The Balaban J connectivity index is 1.61. The summed E-state index contributed by atoms with van der Waals surface area (Å²) in [7, 11) is -3.12. The SMILES string of the molecule is COc1ccc(F)cc1S(=O)(=O)N1CC(F)(F)C[C@H]1CN1CCc2ccccc2C1. The molecule has 0 aromatic heterocycles. The molecular weight excluding hydrogens is 417 g/mol. The molecule has 4 rings (SSSR count). The Kier molecular flexibility index (Phi) is 5.54. The van der Waals surface area contributed by atoms with Gasteiger partial charge in [0.25, 0.3) is 5.92 Å². The standard InChI is InChI=1S/C21H23F3N2O3S/c1-29-19-7-6-17(22)10-20(19)30(27,28)26-14-21(23,24)11-18(26)13-25-9-8-15-4-2-3-5-16(15)12-25/h2-7,10,18H,8-9,11-14H2,1H3/t18-/m0/s1. The molecule has 0 amide bonds. The summed E-state index contributed by atoms with van der Waals surface area (Å²) >= 11 is 0. The lowest BCUT2D eigenvalue weighted by atomic mass is 9.99. The van der Waals surface area contributed by atoms with E-state index in [1.165, 1.54) is 18.7 Å². The Morgan fingerprint density at radius 2 is 1.90 bits per heavy atom. The van der Waals surface area contributed by atoms with Crippen LogP contribution in [0.3, 0.4) is 0 Å². The Morgan fingerprint density at radius 1 is 1.17 bits per heavy atom. The molecule has 1 saturated heterocycles. The highest BCUT2D eigenvalue weighted by molar-refractivity contribution is 7.89. The highest BCUT2D eigenvalue weighted by Crippen LogP contribution is 2.38. The van der Waals surface area contributed by atoms with E-state index in [0.29, 0.717) is 13.1 Å². The number of sulfonamides is 1. The van der Waals surface area contributed by atoms with Gasteiger partial charge in [0.05, 0.1) is 13.7 Å². The van der Waals surface area contributed by atoms with Crippen molar-refractivity contribution >= 4 is 10.0 Å². The number of alkyl halides is 2. The maximum absolute atomic E-state index is 14.3. The fourth-order valence-corrected chi connectivity index (χ4v) is 6.10. The minimum absolute atomic E-state index is 0.0720. The lowest BCUT2D eigenvalue weighted by Gasteiger charge is -2.33. The lowest BCUT2D eigenvalue weighted by Crippen LogP contribution is -2.44. The molecule has 0 spiro atoms. The molecule has 2 aliphatic heterocycles. The summed E-state index contributed by atoms with van der Waals surface area (Å²) in [6.45, 7) is 0.497. The molecular formula is C21H23F3N2O3S. The van der Waals surface area contributed by atoms with Gasteiger partial charge in [-0.3, -0.25) is 4.90 Å². The minimum Gasteiger partial charge on any atom is -0.495 e. The first-order chi connectivity index (χ1) is 14.2. The normalized spacial score (nSPS) is 22.1. The number of nitrogens with zero attached hydrogens (tertiary/aromatic N) is 2. The van der Waals surface area contributed by atoms with Crippen molar-refractivity contribution in [1.82, 2.24) is 9.21 Å². The molecule has 5 nitrogen and oxygen atoms in total. The molecule has 0 saturated carbocycles. The first kappa shape index (κ1) is 21.1. The Labute approximate surface area is 174 Å². The number of methoxy groups -OCH3 is 1. The number of fused-ring (bicyclic) bond motifs is 1. The average Bonchev–Trinajstić information content (AvgIpc) is 3.02. The van der Waals surface area contributed by atoms with E-state index in [1.54, 1.807) is 0 Å². The molecule has 0 aliphatic carbocycles. The van der Waals surface area contributed by atoms with Crippen LogP contribution in [0.15, 0.2) is 47.4 Å². The zero-order chi connectivity index (χ0) is 21.5. The number of benzene rings is 2. The summed E-state index contributed by atoms with van der Waals surface area (Å²) in [6.07, 6.45) is 0.214. The summed E-state index contributed by atoms with van der Waals surface area (Å²) < 4.78 is 74.7. The number of ether oxygens (including phenoxy) is 1. The van der Waals surface area contributed by atoms with E-state index < -0.39 is 45.7 Å². The van der Waals surface area contributed by atoms with E-state index in [1.807, 2.05) is 29.2 Å². The van der Waals surface area contributed by atoms with Crippen molar-refractivity contribution < 1.29 is 26.3 Å². The largest absolute Gasteiger partial charge is 0.495 e. The predicted molar refractivity (Wildman–Crippen MR) is 106 cm³/mol. The van der Waals surface area contributed by atoms with E-state index in [0.717, 1.165) is 28.4 Å². The van der Waals surface area contributed by atoms with Gasteiger partial charge in [0.2, 0.25) is 10.0 Å². The summed E-state index contributed by atoms with van der Waals surface area (Å²) in [5.74, 6) is -3.99. The third-order valence-electron chi connectivity index (χ3n) is 5.72. The number of hydrogen-bond donors (Lipinski definition) is 0. The first-order valence-corrected chi connectivity index (χ1v) is 11.2. The van der Waals surface area contributed by atoms with Crippen molar-refractivity contribution in [2.45, 2.75) is 36.2 Å². The van der Waals surface area contributed by atoms with E-state index in [2.05, 4.69) is 0 Å². The summed E-state index contributed by atoms with van der Waals surface area (Å²) in [5, 5.41) is 0. The molecule has 1 atom stereocenters. The van der Waals surface area contributed by atoms with E-state index in [4.69, 9.17) is 4.74 Å². The lowest BCUT2D eigenvalue weighted by molar-refractivity contribution is 0.0164. The van der Waals surface area contributed by atoms with Crippen molar-refractivity contribution in [3.63, 3.8) is 0 Å². The number of rotatable bonds is 5. The van der Waals surface area contributed by atoms with Gasteiger partial charge in [-0.2, -0.15) is 4.31 Å². The van der Waals surface area contributed by atoms with Crippen molar-refractivity contribution in [3.05, 3.63) is 59.4 Å². The van der Waals surface area contributed by atoms with Crippen LogP contribution in [0.1, 0.15) is 17.5 Å². The molecule has 2 aromatic rings. The van der Waals surface area contributed by atoms with Crippen molar-refractivity contribution in [2.24, 2.45) is 0 Å². The van der Waals surface area contributed by atoms with Gasteiger partial charge in [-0.25, -0.2) is 21.6 Å². The monoisotopic (exact) mass is 440 g/mol. The predicted octanol–water partition coefficient (Wildman–Crippen LogP) is 3.29. The maximum Gasteiger partial charge on any atom is 0.263 e. The molecule has 2 aliphatic rings. The molecule has 9 heteroatoms. The van der Waals surface area contributed by atoms with Crippen LogP contribution in [-0.4, -0.2) is 56.3 Å². The quantitative estimate of drug-likeness (QED) is 0.716. The topological polar surface area (TPSA) is 49.9 Å². The van der Waals surface area contributed by atoms with Crippen molar-refractivity contribution in [2.75, 3.05) is 26.7 Å². The van der Waals surface area contributed by atoms with Gasteiger partial charge in [0, 0.05) is 32.1 Å². The van der Waals surface area contributed by atoms with Gasteiger partial charge >= 0.3 is 0 Å². The van der Waals surface area contributed by atoms with Crippen LogP contribution in [0, 0.1) is 5.82 Å². The van der Waals surface area contributed by atoms with Crippen molar-refractivity contribution in [1.29, 1.82) is 0 Å². The third kappa shape index (κ3) is 4.06. The summed E-state index contributed by atoms with van der Waals surface area (Å²) in [5.41, 5.74) is 2.34. The highest BCUT2D eigenvalue weighted by Gasteiger charge is 2.51. The highest BCUT2D eigenvalue weighted by atomic mass is 32.2. The second kappa shape index (κ2) is 7.86. The Hall–Kier alpha value is -2.10. The second-order valence-corrected chi connectivity index (χ2v) is 9.67. The maximum atomic E-state index is 14.3. The minimum atomic E-state index is -4.37. The molecule has 0 unspecified atom stereocenters. The van der Waals surface area contributed by atoms with E-state index >= 15 is 0 Å². The second-order valence-electron chi connectivity index (χ2n) is 7.81. The molecule has 0 bridgehead atoms. The van der Waals surface area contributed by atoms with Gasteiger partial charge in [0.1, 0.15) is 16.5 Å². The Bertz CT molecular complexity index is 1050. The summed E-state index contributed by atoms with van der Waals surface area (Å²) in [4.78, 5) is 1.57.